The number of halogens is 1. The summed E-state index contributed by atoms with van der Waals surface area (Å²) in [5.41, 5.74) is 2.20. The number of hydrogen-bond donors (Lipinski definition) is 1. The van der Waals surface area contributed by atoms with Crippen LogP contribution in [0, 0.1) is 0 Å². The molecule has 0 fully saturated rings. The molecule has 1 heterocycles. The smallest absolute Gasteiger partial charge is 0.257 e. The molecule has 0 radical (unpaired) electrons. The zero-order valence-corrected chi connectivity index (χ0v) is 13.7. The van der Waals surface area contributed by atoms with Gasteiger partial charge in [0.2, 0.25) is 0 Å². The number of thiazole rings is 1. The second-order valence-corrected chi connectivity index (χ2v) is 6.50. The lowest BCUT2D eigenvalue weighted by molar-refractivity contribution is 0.102. The predicted octanol–water partition coefficient (Wildman–Crippen LogP) is 5.15. The van der Waals surface area contributed by atoms with Crippen LogP contribution in [0.1, 0.15) is 28.7 Å². The molecule has 2 aromatic carbocycles. The number of fused-ring (bicyclic) bond motifs is 1. The maximum atomic E-state index is 12.3. The minimum absolute atomic E-state index is 0.205. The van der Waals surface area contributed by atoms with Crippen LogP contribution in [0.2, 0.25) is 5.02 Å². The summed E-state index contributed by atoms with van der Waals surface area (Å²) in [6, 6.07) is 12.8. The summed E-state index contributed by atoms with van der Waals surface area (Å²) in [5.74, 6) is -0.205. The van der Waals surface area contributed by atoms with Crippen LogP contribution in [0.15, 0.2) is 42.5 Å². The molecule has 5 heteroatoms. The molecule has 0 aliphatic rings. The number of carbonyl (C=O) groups is 1. The van der Waals surface area contributed by atoms with Crippen LogP contribution in [-0.2, 0) is 6.42 Å². The molecule has 1 aromatic heterocycles. The van der Waals surface area contributed by atoms with Crippen LogP contribution < -0.4 is 5.32 Å². The van der Waals surface area contributed by atoms with Crippen molar-refractivity contribution in [2.24, 2.45) is 0 Å². The SMILES string of the molecule is CCCc1nc2ccc(NC(=O)c3ccccc3Cl)cc2s1. The normalized spacial score (nSPS) is 10.8. The molecule has 3 nitrogen and oxygen atoms in total. The Balaban J connectivity index is 1.84. The molecule has 0 saturated heterocycles. The molecule has 0 saturated carbocycles. The highest BCUT2D eigenvalue weighted by molar-refractivity contribution is 7.18. The average Bonchev–Trinajstić information content (AvgIpc) is 2.89. The summed E-state index contributed by atoms with van der Waals surface area (Å²) < 4.78 is 1.08. The standard InChI is InChI=1S/C17H15ClN2OS/c1-2-5-16-20-14-9-8-11(10-15(14)22-16)19-17(21)12-6-3-4-7-13(12)18/h3-4,6-10H,2,5H2,1H3,(H,19,21). The van der Waals surface area contributed by atoms with E-state index < -0.39 is 0 Å². The van der Waals surface area contributed by atoms with Crippen molar-refractivity contribution in [1.29, 1.82) is 0 Å². The van der Waals surface area contributed by atoms with E-state index in [0.717, 1.165) is 33.8 Å². The van der Waals surface area contributed by atoms with Crippen molar-refractivity contribution in [2.45, 2.75) is 19.8 Å². The van der Waals surface area contributed by atoms with Crippen LogP contribution in [0.25, 0.3) is 10.2 Å². The van der Waals surface area contributed by atoms with Crippen molar-refractivity contribution in [2.75, 3.05) is 5.32 Å². The second kappa shape index (κ2) is 6.46. The van der Waals surface area contributed by atoms with Gasteiger partial charge in [-0.05, 0) is 43.2 Å². The Morgan fingerprint density at radius 3 is 2.86 bits per heavy atom. The third-order valence-corrected chi connectivity index (χ3v) is 4.68. The quantitative estimate of drug-likeness (QED) is 0.718. The Bertz CT molecular complexity index is 828. The van der Waals surface area contributed by atoms with Gasteiger partial charge in [-0.2, -0.15) is 0 Å². The third-order valence-electron chi connectivity index (χ3n) is 3.27. The lowest BCUT2D eigenvalue weighted by Gasteiger charge is -2.06. The Kier molecular flexibility index (Phi) is 4.41. The maximum absolute atomic E-state index is 12.3. The number of nitrogens with zero attached hydrogens (tertiary/aromatic N) is 1. The summed E-state index contributed by atoms with van der Waals surface area (Å²) in [6.45, 7) is 2.14. The molecule has 1 amide bonds. The van der Waals surface area contributed by atoms with E-state index in [0.29, 0.717) is 10.6 Å². The topological polar surface area (TPSA) is 42.0 Å². The third kappa shape index (κ3) is 3.13. The van der Waals surface area contributed by atoms with Crippen molar-refractivity contribution < 1.29 is 4.79 Å². The van der Waals surface area contributed by atoms with Crippen molar-refractivity contribution in [3.05, 3.63) is 58.1 Å². The van der Waals surface area contributed by atoms with Crippen LogP contribution >= 0.6 is 22.9 Å². The lowest BCUT2D eigenvalue weighted by Crippen LogP contribution is -2.12. The largest absolute Gasteiger partial charge is 0.322 e. The summed E-state index contributed by atoms with van der Waals surface area (Å²) in [6.07, 6.45) is 2.07. The fourth-order valence-corrected chi connectivity index (χ4v) is 3.54. The molecule has 0 spiro atoms. The van der Waals surface area contributed by atoms with Crippen molar-refractivity contribution in [3.63, 3.8) is 0 Å². The first kappa shape index (κ1) is 15.0. The Morgan fingerprint density at radius 2 is 2.09 bits per heavy atom. The van der Waals surface area contributed by atoms with Gasteiger partial charge in [0.1, 0.15) is 0 Å². The van der Waals surface area contributed by atoms with E-state index in [-0.39, 0.29) is 5.91 Å². The van der Waals surface area contributed by atoms with Gasteiger partial charge in [0.25, 0.3) is 5.91 Å². The molecular weight excluding hydrogens is 316 g/mol. The first-order chi connectivity index (χ1) is 10.7. The molecule has 0 atom stereocenters. The van der Waals surface area contributed by atoms with E-state index in [1.54, 1.807) is 35.6 Å². The van der Waals surface area contributed by atoms with Crippen LogP contribution in [0.5, 0.6) is 0 Å². The van der Waals surface area contributed by atoms with E-state index >= 15 is 0 Å². The van der Waals surface area contributed by atoms with E-state index in [1.807, 2.05) is 18.2 Å². The van der Waals surface area contributed by atoms with Crippen molar-refractivity contribution in [3.8, 4) is 0 Å². The second-order valence-electron chi connectivity index (χ2n) is 4.97. The van der Waals surface area contributed by atoms with Gasteiger partial charge in [-0.1, -0.05) is 30.7 Å². The predicted molar refractivity (Wildman–Crippen MR) is 93.0 cm³/mol. The van der Waals surface area contributed by atoms with E-state index in [9.17, 15) is 4.79 Å². The van der Waals surface area contributed by atoms with Gasteiger partial charge in [-0.15, -0.1) is 11.3 Å². The van der Waals surface area contributed by atoms with Crippen LogP contribution in [-0.4, -0.2) is 10.9 Å². The highest BCUT2D eigenvalue weighted by atomic mass is 35.5. The molecule has 0 unspecified atom stereocenters. The van der Waals surface area contributed by atoms with Gasteiger partial charge in [0.05, 0.1) is 25.8 Å². The lowest BCUT2D eigenvalue weighted by atomic mass is 10.2. The molecule has 112 valence electrons. The minimum Gasteiger partial charge on any atom is -0.322 e. The van der Waals surface area contributed by atoms with Crippen molar-refractivity contribution >= 4 is 44.7 Å². The maximum Gasteiger partial charge on any atom is 0.257 e. The number of aryl methyl sites for hydroxylation is 1. The summed E-state index contributed by atoms with van der Waals surface area (Å²) in [4.78, 5) is 16.9. The van der Waals surface area contributed by atoms with E-state index in [2.05, 4.69) is 17.2 Å². The number of rotatable bonds is 4. The highest BCUT2D eigenvalue weighted by Gasteiger charge is 2.11. The van der Waals surface area contributed by atoms with Gasteiger partial charge < -0.3 is 5.32 Å². The molecule has 0 aliphatic heterocycles. The number of carbonyl (C=O) groups excluding carboxylic acids is 1. The highest BCUT2D eigenvalue weighted by Crippen LogP contribution is 2.26. The molecule has 1 N–H and O–H groups in total. The fraction of sp³-hybridized carbons (Fsp3) is 0.176. The first-order valence-electron chi connectivity index (χ1n) is 7.12. The number of anilines is 1. The number of benzene rings is 2. The average molecular weight is 331 g/mol. The zero-order valence-electron chi connectivity index (χ0n) is 12.1. The first-order valence-corrected chi connectivity index (χ1v) is 8.32. The van der Waals surface area contributed by atoms with Crippen molar-refractivity contribution in [1.82, 2.24) is 4.98 Å². The van der Waals surface area contributed by atoms with Gasteiger partial charge in [0, 0.05) is 5.69 Å². The minimum atomic E-state index is -0.205. The summed E-state index contributed by atoms with van der Waals surface area (Å²) >= 11 is 7.72. The van der Waals surface area contributed by atoms with Gasteiger partial charge in [-0.25, -0.2) is 4.98 Å². The van der Waals surface area contributed by atoms with Crippen LogP contribution in [0.3, 0.4) is 0 Å². The Labute approximate surface area is 138 Å². The Hall–Kier alpha value is -1.91. The van der Waals surface area contributed by atoms with Gasteiger partial charge >= 0.3 is 0 Å². The zero-order chi connectivity index (χ0) is 15.5. The Morgan fingerprint density at radius 1 is 1.27 bits per heavy atom. The van der Waals surface area contributed by atoms with E-state index in [4.69, 9.17) is 11.6 Å². The fourth-order valence-electron chi connectivity index (χ4n) is 2.21. The molecule has 3 aromatic rings. The molecule has 0 bridgehead atoms. The monoisotopic (exact) mass is 330 g/mol. The number of nitrogens with one attached hydrogen (secondary N) is 1. The number of hydrogen-bond acceptors (Lipinski definition) is 3. The number of amides is 1. The summed E-state index contributed by atoms with van der Waals surface area (Å²) in [7, 11) is 0. The molecule has 0 aliphatic carbocycles. The molecule has 3 rings (SSSR count). The molecular formula is C17H15ClN2OS. The summed E-state index contributed by atoms with van der Waals surface area (Å²) in [5, 5.41) is 4.47. The van der Waals surface area contributed by atoms with Crippen LogP contribution in [0.4, 0.5) is 5.69 Å². The van der Waals surface area contributed by atoms with E-state index in [1.165, 1.54) is 0 Å². The number of aromatic nitrogens is 1. The van der Waals surface area contributed by atoms with Gasteiger partial charge in [0.15, 0.2) is 0 Å². The molecule has 22 heavy (non-hydrogen) atoms. The van der Waals surface area contributed by atoms with Gasteiger partial charge in [-0.3, -0.25) is 4.79 Å².